The van der Waals surface area contributed by atoms with Gasteiger partial charge in [0.25, 0.3) is 0 Å². The van der Waals surface area contributed by atoms with Crippen LogP contribution in [0.25, 0.3) is 0 Å². The lowest BCUT2D eigenvalue weighted by molar-refractivity contribution is -0.133. The van der Waals surface area contributed by atoms with E-state index in [1.165, 1.54) is 12.8 Å². The molecule has 0 spiro atoms. The van der Waals surface area contributed by atoms with Crippen LogP contribution in [-0.2, 0) is 4.79 Å². The molecule has 1 N–H and O–H groups in total. The molecule has 1 saturated carbocycles. The largest absolute Gasteiger partial charge is 0.308 e. The van der Waals surface area contributed by atoms with Gasteiger partial charge < -0.3 is 5.32 Å². The van der Waals surface area contributed by atoms with E-state index in [9.17, 15) is 4.79 Å². The van der Waals surface area contributed by atoms with Crippen LogP contribution in [0.3, 0.4) is 0 Å². The summed E-state index contributed by atoms with van der Waals surface area (Å²) in [5.74, 6) is 0.689. The summed E-state index contributed by atoms with van der Waals surface area (Å²) >= 11 is 0. The first kappa shape index (κ1) is 16.7. The molecule has 0 aliphatic heterocycles. The summed E-state index contributed by atoms with van der Waals surface area (Å²) in [6.45, 7) is 13.0. The van der Waals surface area contributed by atoms with Crippen molar-refractivity contribution in [2.24, 2.45) is 11.3 Å². The van der Waals surface area contributed by atoms with E-state index in [4.69, 9.17) is 0 Å². The number of ketones is 1. The minimum atomic E-state index is -0.168. The van der Waals surface area contributed by atoms with Gasteiger partial charge in [0.05, 0.1) is 0 Å². The van der Waals surface area contributed by atoms with Gasteiger partial charge in [0.2, 0.25) is 0 Å². The first-order valence-corrected chi connectivity index (χ1v) is 8.05. The Labute approximate surface area is 119 Å². The van der Waals surface area contributed by atoms with Crippen molar-refractivity contribution in [3.8, 4) is 0 Å². The fourth-order valence-electron chi connectivity index (χ4n) is 2.90. The van der Waals surface area contributed by atoms with E-state index in [1.807, 2.05) is 0 Å². The van der Waals surface area contributed by atoms with Crippen molar-refractivity contribution in [1.82, 2.24) is 5.32 Å². The molecule has 0 aromatic rings. The number of Topliss-reactive ketones (excluding diaryl/α,β-unsaturated/α-hetero) is 1. The highest BCUT2D eigenvalue weighted by atomic mass is 16.1. The highest BCUT2D eigenvalue weighted by molar-refractivity contribution is 5.87. The van der Waals surface area contributed by atoms with E-state index in [0.29, 0.717) is 11.8 Å². The Balaban J connectivity index is 2.81. The standard InChI is InChI=1S/C17H33NO/c1-7-16(3,4)15(19)13-11-9-10-12-14(13)18-17(5,6)8-2/h13-14,18H,7-12H2,1-6H3/t13-,14+/m1/s1. The van der Waals surface area contributed by atoms with Crippen molar-refractivity contribution in [1.29, 1.82) is 0 Å². The Morgan fingerprint density at radius 1 is 1.05 bits per heavy atom. The van der Waals surface area contributed by atoms with Gasteiger partial charge in [0.1, 0.15) is 5.78 Å². The Morgan fingerprint density at radius 2 is 1.63 bits per heavy atom. The van der Waals surface area contributed by atoms with Crippen LogP contribution >= 0.6 is 0 Å². The Hall–Kier alpha value is -0.370. The van der Waals surface area contributed by atoms with Crippen LogP contribution in [0, 0.1) is 11.3 Å². The minimum Gasteiger partial charge on any atom is -0.308 e. The molecule has 0 amide bonds. The average molecular weight is 267 g/mol. The third-order valence-electron chi connectivity index (χ3n) is 5.11. The number of nitrogens with one attached hydrogen (secondary N) is 1. The molecule has 0 aromatic heterocycles. The van der Waals surface area contributed by atoms with Gasteiger partial charge in [-0.05, 0) is 39.5 Å². The van der Waals surface area contributed by atoms with Crippen molar-refractivity contribution in [3.05, 3.63) is 0 Å². The zero-order chi connectivity index (χ0) is 14.7. The quantitative estimate of drug-likeness (QED) is 0.776. The van der Waals surface area contributed by atoms with Crippen LogP contribution in [0.15, 0.2) is 0 Å². The molecule has 0 saturated heterocycles. The summed E-state index contributed by atoms with van der Waals surface area (Å²) in [6.07, 6.45) is 6.72. The first-order valence-electron chi connectivity index (χ1n) is 8.05. The van der Waals surface area contributed by atoms with Crippen molar-refractivity contribution in [2.75, 3.05) is 0 Å². The normalized spacial score (nSPS) is 25.4. The van der Waals surface area contributed by atoms with Gasteiger partial charge in [0, 0.05) is 22.9 Å². The molecular formula is C17H33NO. The smallest absolute Gasteiger partial charge is 0.143 e. The van der Waals surface area contributed by atoms with Gasteiger partial charge in [-0.1, -0.05) is 40.5 Å². The molecule has 2 nitrogen and oxygen atoms in total. The second kappa shape index (κ2) is 6.39. The zero-order valence-corrected chi connectivity index (χ0v) is 13.8. The van der Waals surface area contributed by atoms with Crippen molar-refractivity contribution in [3.63, 3.8) is 0 Å². The van der Waals surface area contributed by atoms with Crippen LogP contribution in [-0.4, -0.2) is 17.4 Å². The van der Waals surface area contributed by atoms with Crippen molar-refractivity contribution in [2.45, 2.75) is 91.6 Å². The van der Waals surface area contributed by atoms with Crippen LogP contribution < -0.4 is 5.32 Å². The third kappa shape index (κ3) is 4.30. The van der Waals surface area contributed by atoms with Gasteiger partial charge in [-0.25, -0.2) is 0 Å². The summed E-state index contributed by atoms with van der Waals surface area (Å²) in [6, 6.07) is 0.377. The van der Waals surface area contributed by atoms with Gasteiger partial charge in [-0.15, -0.1) is 0 Å². The van der Waals surface area contributed by atoms with E-state index in [1.54, 1.807) is 0 Å². The van der Waals surface area contributed by atoms with Crippen LogP contribution in [0.2, 0.25) is 0 Å². The van der Waals surface area contributed by atoms with Crippen molar-refractivity contribution < 1.29 is 4.79 Å². The highest BCUT2D eigenvalue weighted by Gasteiger charge is 2.39. The van der Waals surface area contributed by atoms with Crippen LogP contribution in [0.5, 0.6) is 0 Å². The predicted molar refractivity (Wildman–Crippen MR) is 82.3 cm³/mol. The zero-order valence-electron chi connectivity index (χ0n) is 13.8. The number of rotatable bonds is 6. The number of carbonyl (C=O) groups excluding carboxylic acids is 1. The van der Waals surface area contributed by atoms with Gasteiger partial charge in [-0.3, -0.25) is 4.79 Å². The lowest BCUT2D eigenvalue weighted by Gasteiger charge is -2.40. The second-order valence-corrected chi connectivity index (χ2v) is 7.48. The maximum absolute atomic E-state index is 12.8. The fraction of sp³-hybridized carbons (Fsp3) is 0.941. The van der Waals surface area contributed by atoms with E-state index in [0.717, 1.165) is 25.7 Å². The highest BCUT2D eigenvalue weighted by Crippen LogP contribution is 2.34. The van der Waals surface area contributed by atoms with Gasteiger partial charge in [0.15, 0.2) is 0 Å². The summed E-state index contributed by atoms with van der Waals surface area (Å²) in [4.78, 5) is 12.8. The molecule has 0 unspecified atom stereocenters. The van der Waals surface area contributed by atoms with Crippen LogP contribution in [0.1, 0.15) is 80.1 Å². The topological polar surface area (TPSA) is 29.1 Å². The first-order chi connectivity index (χ1) is 8.73. The summed E-state index contributed by atoms with van der Waals surface area (Å²) < 4.78 is 0. The fourth-order valence-corrected chi connectivity index (χ4v) is 2.90. The molecule has 19 heavy (non-hydrogen) atoms. The molecule has 1 aliphatic carbocycles. The van der Waals surface area contributed by atoms with E-state index in [2.05, 4.69) is 46.9 Å². The second-order valence-electron chi connectivity index (χ2n) is 7.48. The Bertz CT molecular complexity index is 306. The maximum atomic E-state index is 12.8. The van der Waals surface area contributed by atoms with Crippen LogP contribution in [0.4, 0.5) is 0 Å². The molecule has 0 aromatic carbocycles. The van der Waals surface area contributed by atoms with E-state index < -0.39 is 0 Å². The lowest BCUT2D eigenvalue weighted by Crippen LogP contribution is -2.53. The molecule has 2 atom stereocenters. The molecule has 1 rings (SSSR count). The molecule has 0 bridgehead atoms. The number of hydrogen-bond donors (Lipinski definition) is 1. The molecule has 1 fully saturated rings. The molecule has 1 aliphatic rings. The van der Waals surface area contributed by atoms with E-state index >= 15 is 0 Å². The predicted octanol–water partition coefficient (Wildman–Crippen LogP) is 4.33. The number of carbonyl (C=O) groups is 1. The Morgan fingerprint density at radius 3 is 2.16 bits per heavy atom. The average Bonchev–Trinajstić information content (AvgIpc) is 2.38. The summed E-state index contributed by atoms with van der Waals surface area (Å²) in [5.41, 5.74) is -0.0326. The molecule has 0 radical (unpaired) electrons. The maximum Gasteiger partial charge on any atom is 0.143 e. The monoisotopic (exact) mass is 267 g/mol. The Kier molecular flexibility index (Phi) is 5.61. The summed E-state index contributed by atoms with van der Waals surface area (Å²) in [5, 5.41) is 3.75. The molecule has 0 heterocycles. The van der Waals surface area contributed by atoms with Crippen molar-refractivity contribution >= 4 is 5.78 Å². The SMILES string of the molecule is CCC(C)(C)N[C@H]1CCCC[C@H]1C(=O)C(C)(C)CC. The third-order valence-corrected chi connectivity index (χ3v) is 5.11. The lowest BCUT2D eigenvalue weighted by atomic mass is 9.71. The molecule has 112 valence electrons. The molecular weight excluding hydrogens is 234 g/mol. The summed E-state index contributed by atoms with van der Waals surface area (Å²) in [7, 11) is 0. The van der Waals surface area contributed by atoms with Gasteiger partial charge in [-0.2, -0.15) is 0 Å². The van der Waals surface area contributed by atoms with Gasteiger partial charge >= 0.3 is 0 Å². The van der Waals surface area contributed by atoms with E-state index in [-0.39, 0.29) is 16.9 Å². The molecule has 2 heteroatoms. The number of hydrogen-bond acceptors (Lipinski definition) is 2. The minimum absolute atomic E-state index is 0.136.